The minimum Gasteiger partial charge on any atom is -0.493 e. The molecule has 0 radical (unpaired) electrons. The Balaban J connectivity index is 2.17. The van der Waals surface area contributed by atoms with Gasteiger partial charge in [0.15, 0.2) is 17.7 Å². The molecule has 1 aliphatic heterocycles. The number of rotatable bonds is 6. The molecule has 2 rings (SSSR count). The highest BCUT2D eigenvalue weighted by Crippen LogP contribution is 2.44. The number of carbonyl (C=O) groups is 1. The van der Waals surface area contributed by atoms with Crippen molar-refractivity contribution in [3.63, 3.8) is 0 Å². The maximum atomic E-state index is 12.2. The number of aliphatic imine (C=N–C) groups is 1. The number of aliphatic hydroxyl groups is 1. The maximum absolute atomic E-state index is 12.2. The normalized spacial score (nSPS) is 14.5. The van der Waals surface area contributed by atoms with Crippen LogP contribution in [0.2, 0.25) is 0 Å². The van der Waals surface area contributed by atoms with Crippen molar-refractivity contribution in [2.75, 3.05) is 54.1 Å². The smallest absolute Gasteiger partial charge is 0.409 e. The lowest BCUT2D eigenvalue weighted by molar-refractivity contribution is -0.00625. The van der Waals surface area contributed by atoms with E-state index in [0.29, 0.717) is 55.1 Å². The molecule has 1 aromatic rings. The second-order valence-corrected chi connectivity index (χ2v) is 7.37. The Morgan fingerprint density at radius 2 is 1.74 bits per heavy atom. The molecule has 0 saturated carbocycles. The van der Waals surface area contributed by atoms with Crippen LogP contribution in [0, 0.1) is 11.5 Å². The van der Waals surface area contributed by atoms with E-state index in [4.69, 9.17) is 18.9 Å². The van der Waals surface area contributed by atoms with Crippen LogP contribution in [0.1, 0.15) is 13.8 Å². The van der Waals surface area contributed by atoms with Crippen LogP contribution in [0.4, 0.5) is 10.5 Å². The SMILES string of the molecule is COc1ccc(N=C(NC#N)N2CCN(C(=O)OCC(C)(C)O)CC2)c(OC)c1OC. The molecule has 1 fully saturated rings. The average molecular weight is 435 g/mol. The van der Waals surface area contributed by atoms with Crippen molar-refractivity contribution in [1.29, 1.82) is 5.26 Å². The van der Waals surface area contributed by atoms with E-state index in [-0.39, 0.29) is 6.61 Å². The van der Waals surface area contributed by atoms with Gasteiger partial charge in [-0.2, -0.15) is 5.26 Å². The van der Waals surface area contributed by atoms with Crippen LogP contribution in [0.25, 0.3) is 0 Å². The Hall–Kier alpha value is -3.39. The molecule has 0 unspecified atom stereocenters. The van der Waals surface area contributed by atoms with E-state index in [2.05, 4.69) is 10.3 Å². The molecule has 0 aromatic heterocycles. The first-order chi connectivity index (χ1) is 14.7. The molecule has 1 saturated heterocycles. The van der Waals surface area contributed by atoms with Crippen molar-refractivity contribution in [3.05, 3.63) is 12.1 Å². The molecule has 31 heavy (non-hydrogen) atoms. The molecular formula is C20H29N5O6. The third-order valence-corrected chi connectivity index (χ3v) is 4.46. The third-order valence-electron chi connectivity index (χ3n) is 4.46. The first-order valence-corrected chi connectivity index (χ1v) is 9.65. The first kappa shape index (κ1) is 23.9. The van der Waals surface area contributed by atoms with Crippen molar-refractivity contribution in [3.8, 4) is 23.4 Å². The van der Waals surface area contributed by atoms with Crippen LogP contribution in [0.3, 0.4) is 0 Å². The van der Waals surface area contributed by atoms with Gasteiger partial charge < -0.3 is 33.9 Å². The quantitative estimate of drug-likeness (QED) is 0.294. The van der Waals surface area contributed by atoms with Gasteiger partial charge in [0.1, 0.15) is 12.3 Å². The van der Waals surface area contributed by atoms with E-state index >= 15 is 0 Å². The standard InChI is InChI=1S/C20H29N5O6/c1-20(2,27)12-31-19(26)25-10-8-24(9-11-25)18(22-13-21)23-14-6-7-15(28-3)17(30-5)16(14)29-4/h6-7,27H,8-12H2,1-5H3,(H,22,23). The second kappa shape index (κ2) is 10.6. The molecule has 0 aliphatic carbocycles. The van der Waals surface area contributed by atoms with Gasteiger partial charge >= 0.3 is 6.09 Å². The van der Waals surface area contributed by atoms with Crippen LogP contribution in [0.15, 0.2) is 17.1 Å². The van der Waals surface area contributed by atoms with E-state index in [1.807, 2.05) is 11.1 Å². The van der Waals surface area contributed by atoms with Crippen molar-refractivity contribution < 1.29 is 28.8 Å². The molecule has 2 N–H and O–H groups in total. The van der Waals surface area contributed by atoms with E-state index in [1.54, 1.807) is 30.9 Å². The summed E-state index contributed by atoms with van der Waals surface area (Å²) in [6, 6.07) is 3.39. The van der Waals surface area contributed by atoms with Crippen molar-refractivity contribution in [2.45, 2.75) is 19.4 Å². The summed E-state index contributed by atoms with van der Waals surface area (Å²) in [5, 5.41) is 21.5. The van der Waals surface area contributed by atoms with Gasteiger partial charge in [-0.3, -0.25) is 5.32 Å². The molecular weight excluding hydrogens is 406 g/mol. The fraction of sp³-hybridized carbons (Fsp3) is 0.550. The number of nitriles is 1. The van der Waals surface area contributed by atoms with E-state index in [9.17, 15) is 15.2 Å². The van der Waals surface area contributed by atoms with Gasteiger partial charge in [-0.25, -0.2) is 9.79 Å². The third kappa shape index (κ3) is 6.29. The zero-order valence-corrected chi connectivity index (χ0v) is 18.5. The van der Waals surface area contributed by atoms with E-state index in [0.717, 1.165) is 0 Å². The van der Waals surface area contributed by atoms with Crippen LogP contribution in [-0.4, -0.2) is 86.7 Å². The highest BCUT2D eigenvalue weighted by Gasteiger charge is 2.26. The fourth-order valence-corrected chi connectivity index (χ4v) is 2.95. The summed E-state index contributed by atoms with van der Waals surface area (Å²) < 4.78 is 21.2. The van der Waals surface area contributed by atoms with Crippen LogP contribution in [-0.2, 0) is 4.74 Å². The van der Waals surface area contributed by atoms with Gasteiger partial charge in [0.05, 0.1) is 26.9 Å². The van der Waals surface area contributed by atoms with Gasteiger partial charge in [0.25, 0.3) is 0 Å². The summed E-state index contributed by atoms with van der Waals surface area (Å²) in [7, 11) is 4.51. The van der Waals surface area contributed by atoms with Crippen molar-refractivity contribution >= 4 is 17.7 Å². The molecule has 11 nitrogen and oxygen atoms in total. The number of methoxy groups -OCH3 is 3. The number of nitrogens with zero attached hydrogens (tertiary/aromatic N) is 4. The van der Waals surface area contributed by atoms with Gasteiger partial charge in [0.2, 0.25) is 11.7 Å². The Morgan fingerprint density at radius 3 is 2.26 bits per heavy atom. The largest absolute Gasteiger partial charge is 0.493 e. The minimum absolute atomic E-state index is 0.0894. The number of guanidine groups is 1. The predicted molar refractivity (Wildman–Crippen MR) is 113 cm³/mol. The molecule has 0 bridgehead atoms. The summed E-state index contributed by atoms with van der Waals surface area (Å²) in [6.07, 6.45) is 1.40. The molecule has 1 amide bonds. The lowest BCUT2D eigenvalue weighted by Gasteiger charge is -2.35. The highest BCUT2D eigenvalue weighted by atomic mass is 16.6. The number of amides is 1. The monoisotopic (exact) mass is 435 g/mol. The first-order valence-electron chi connectivity index (χ1n) is 9.65. The number of hydrogen-bond donors (Lipinski definition) is 2. The van der Waals surface area contributed by atoms with Gasteiger partial charge in [-0.15, -0.1) is 0 Å². The summed E-state index contributed by atoms with van der Waals surface area (Å²) >= 11 is 0. The number of ether oxygens (including phenoxy) is 4. The summed E-state index contributed by atoms with van der Waals surface area (Å²) in [5.41, 5.74) is -0.642. The molecule has 0 spiro atoms. The Morgan fingerprint density at radius 1 is 1.13 bits per heavy atom. The number of nitrogens with one attached hydrogen (secondary N) is 1. The van der Waals surface area contributed by atoms with Crippen LogP contribution in [0.5, 0.6) is 17.2 Å². The second-order valence-electron chi connectivity index (χ2n) is 7.37. The van der Waals surface area contributed by atoms with E-state index in [1.165, 1.54) is 21.3 Å². The number of carbonyl (C=O) groups excluding carboxylic acids is 1. The van der Waals surface area contributed by atoms with Crippen molar-refractivity contribution in [2.24, 2.45) is 4.99 Å². The van der Waals surface area contributed by atoms with Crippen molar-refractivity contribution in [1.82, 2.24) is 15.1 Å². The lowest BCUT2D eigenvalue weighted by atomic mass is 10.2. The summed E-state index contributed by atoms with van der Waals surface area (Å²) in [6.45, 7) is 4.66. The van der Waals surface area contributed by atoms with E-state index < -0.39 is 11.7 Å². The fourth-order valence-electron chi connectivity index (χ4n) is 2.95. The van der Waals surface area contributed by atoms with Gasteiger partial charge in [-0.1, -0.05) is 0 Å². The molecule has 1 aromatic carbocycles. The zero-order valence-electron chi connectivity index (χ0n) is 18.5. The molecule has 11 heteroatoms. The minimum atomic E-state index is -1.09. The lowest BCUT2D eigenvalue weighted by Crippen LogP contribution is -2.53. The Kier molecular flexibility index (Phi) is 8.15. The Labute approximate surface area is 181 Å². The molecule has 1 aliphatic rings. The summed E-state index contributed by atoms with van der Waals surface area (Å²) in [4.78, 5) is 20.1. The van der Waals surface area contributed by atoms with Crippen LogP contribution < -0.4 is 19.5 Å². The number of piperazine rings is 1. The number of hydrogen-bond acceptors (Lipinski definition) is 8. The highest BCUT2D eigenvalue weighted by molar-refractivity contribution is 5.86. The zero-order chi connectivity index (χ0) is 23.0. The molecule has 0 atom stereocenters. The summed E-state index contributed by atoms with van der Waals surface area (Å²) in [5.74, 6) is 1.57. The van der Waals surface area contributed by atoms with Gasteiger partial charge in [0, 0.05) is 26.2 Å². The predicted octanol–water partition coefficient (Wildman–Crippen LogP) is 1.30. The molecule has 170 valence electrons. The Bertz CT molecular complexity index is 838. The number of benzene rings is 1. The topological polar surface area (TPSA) is 129 Å². The van der Waals surface area contributed by atoms with Gasteiger partial charge in [-0.05, 0) is 26.0 Å². The maximum Gasteiger partial charge on any atom is 0.409 e. The molecule has 1 heterocycles. The average Bonchev–Trinajstić information content (AvgIpc) is 2.76. The van der Waals surface area contributed by atoms with Crippen LogP contribution >= 0.6 is 0 Å².